The summed E-state index contributed by atoms with van der Waals surface area (Å²) < 4.78 is 6.04. The van der Waals surface area contributed by atoms with Gasteiger partial charge < -0.3 is 10.5 Å². The largest absolute Gasteiger partial charge is 0.490 e. The van der Waals surface area contributed by atoms with Crippen molar-refractivity contribution >= 4 is 17.5 Å². The molecule has 1 aromatic heterocycles. The molecule has 1 aromatic carbocycles. The van der Waals surface area contributed by atoms with Gasteiger partial charge in [-0.2, -0.15) is 5.10 Å². The van der Waals surface area contributed by atoms with Crippen LogP contribution < -0.4 is 10.5 Å². The lowest BCUT2D eigenvalue weighted by atomic mass is 10.0. The number of nitrogens with two attached hydrogens (primary N) is 1. The number of likely N-dealkylation sites (tertiary alicyclic amines) is 1. The van der Waals surface area contributed by atoms with Crippen molar-refractivity contribution in [3.8, 4) is 17.0 Å². The zero-order chi connectivity index (χ0) is 17.8. The van der Waals surface area contributed by atoms with Crippen LogP contribution in [-0.2, 0) is 0 Å². The first-order chi connectivity index (χ1) is 12.1. The van der Waals surface area contributed by atoms with Gasteiger partial charge in [-0.15, -0.1) is 0 Å². The van der Waals surface area contributed by atoms with Crippen molar-refractivity contribution in [3.05, 3.63) is 34.5 Å². The number of nitrogens with one attached hydrogen (secondary N) is 1. The number of amides is 1. The summed E-state index contributed by atoms with van der Waals surface area (Å²) in [6, 6.07) is 3.52. The van der Waals surface area contributed by atoms with Crippen molar-refractivity contribution in [2.75, 3.05) is 26.2 Å². The summed E-state index contributed by atoms with van der Waals surface area (Å²) >= 11 is 6.51. The van der Waals surface area contributed by atoms with Gasteiger partial charge >= 0.3 is 0 Å². The molecular formula is C18H23ClN4O2. The Hall–Kier alpha value is -2.05. The highest BCUT2D eigenvalue weighted by molar-refractivity contribution is 6.34. The second kappa shape index (κ2) is 7.89. The molecule has 0 radical (unpaired) electrons. The van der Waals surface area contributed by atoms with Crippen LogP contribution in [0, 0.1) is 6.92 Å². The third-order valence-electron chi connectivity index (χ3n) is 4.62. The fraction of sp³-hybridized carbons (Fsp3) is 0.444. The SMILES string of the molecule is Cc1c(C(N)=O)cc(-c2ccn[nH]2)c(OCCN2CCCCC2)c1Cl. The summed E-state index contributed by atoms with van der Waals surface area (Å²) in [6.07, 6.45) is 5.44. The Balaban J connectivity index is 1.85. The summed E-state index contributed by atoms with van der Waals surface area (Å²) in [6.45, 7) is 5.40. The smallest absolute Gasteiger partial charge is 0.249 e. The predicted octanol–water partition coefficient (Wildman–Crippen LogP) is 3.00. The Labute approximate surface area is 152 Å². The van der Waals surface area contributed by atoms with E-state index < -0.39 is 5.91 Å². The van der Waals surface area contributed by atoms with E-state index in [1.165, 1.54) is 19.3 Å². The maximum Gasteiger partial charge on any atom is 0.249 e. The minimum Gasteiger partial charge on any atom is -0.490 e. The van der Waals surface area contributed by atoms with Gasteiger partial charge in [0.15, 0.2) is 0 Å². The number of nitrogens with zero attached hydrogens (tertiary/aromatic N) is 2. The molecule has 3 N–H and O–H groups in total. The first kappa shape index (κ1) is 17.8. The van der Waals surface area contributed by atoms with Crippen molar-refractivity contribution in [2.45, 2.75) is 26.2 Å². The van der Waals surface area contributed by atoms with Crippen molar-refractivity contribution in [2.24, 2.45) is 5.73 Å². The molecule has 7 heteroatoms. The molecule has 1 saturated heterocycles. The highest BCUT2D eigenvalue weighted by Gasteiger charge is 2.20. The van der Waals surface area contributed by atoms with Gasteiger partial charge in [0.2, 0.25) is 5.91 Å². The molecule has 0 bridgehead atoms. The van der Waals surface area contributed by atoms with Crippen LogP contribution >= 0.6 is 11.6 Å². The molecule has 0 aliphatic carbocycles. The molecule has 25 heavy (non-hydrogen) atoms. The lowest BCUT2D eigenvalue weighted by Gasteiger charge is -2.26. The van der Waals surface area contributed by atoms with E-state index in [0.29, 0.717) is 34.1 Å². The third-order valence-corrected chi connectivity index (χ3v) is 5.08. The van der Waals surface area contributed by atoms with E-state index in [-0.39, 0.29) is 0 Å². The molecule has 0 unspecified atom stereocenters. The fourth-order valence-corrected chi connectivity index (χ4v) is 3.45. The molecule has 2 aromatic rings. The number of carbonyl (C=O) groups excluding carboxylic acids is 1. The summed E-state index contributed by atoms with van der Waals surface area (Å²) in [5, 5.41) is 7.28. The van der Waals surface area contributed by atoms with Crippen LogP contribution in [0.1, 0.15) is 35.2 Å². The topological polar surface area (TPSA) is 84.2 Å². The van der Waals surface area contributed by atoms with Crippen LogP contribution in [0.5, 0.6) is 5.75 Å². The second-order valence-electron chi connectivity index (χ2n) is 6.33. The normalized spacial score (nSPS) is 15.3. The van der Waals surface area contributed by atoms with E-state index in [2.05, 4.69) is 15.1 Å². The molecular weight excluding hydrogens is 340 g/mol. The highest BCUT2D eigenvalue weighted by atomic mass is 35.5. The molecule has 0 spiro atoms. The lowest BCUT2D eigenvalue weighted by Crippen LogP contribution is -2.33. The average Bonchev–Trinajstić information content (AvgIpc) is 3.14. The number of hydrogen-bond acceptors (Lipinski definition) is 4. The monoisotopic (exact) mass is 362 g/mol. The van der Waals surface area contributed by atoms with Crippen LogP contribution in [-0.4, -0.2) is 47.2 Å². The Morgan fingerprint density at radius 1 is 1.40 bits per heavy atom. The lowest BCUT2D eigenvalue weighted by molar-refractivity contribution is 0.0999. The van der Waals surface area contributed by atoms with E-state index in [0.717, 1.165) is 25.3 Å². The number of primary amides is 1. The number of rotatable bonds is 6. The van der Waals surface area contributed by atoms with Gasteiger partial charge in [-0.3, -0.25) is 14.8 Å². The Morgan fingerprint density at radius 2 is 2.16 bits per heavy atom. The summed E-state index contributed by atoms with van der Waals surface area (Å²) in [7, 11) is 0. The minimum absolute atomic E-state index is 0.387. The molecule has 1 aliphatic heterocycles. The van der Waals surface area contributed by atoms with Crippen LogP contribution in [0.3, 0.4) is 0 Å². The van der Waals surface area contributed by atoms with E-state index >= 15 is 0 Å². The molecule has 1 aliphatic rings. The zero-order valence-electron chi connectivity index (χ0n) is 14.3. The Kier molecular flexibility index (Phi) is 5.60. The second-order valence-corrected chi connectivity index (χ2v) is 6.70. The predicted molar refractivity (Wildman–Crippen MR) is 98.1 cm³/mol. The number of aromatic nitrogens is 2. The maximum atomic E-state index is 11.7. The van der Waals surface area contributed by atoms with Gasteiger partial charge in [0, 0.05) is 23.9 Å². The number of aromatic amines is 1. The molecule has 6 nitrogen and oxygen atoms in total. The van der Waals surface area contributed by atoms with E-state index in [1.54, 1.807) is 19.2 Å². The van der Waals surface area contributed by atoms with Crippen molar-refractivity contribution < 1.29 is 9.53 Å². The summed E-state index contributed by atoms with van der Waals surface area (Å²) in [5.41, 5.74) is 7.93. The number of ether oxygens (including phenoxy) is 1. The Bertz CT molecular complexity index is 740. The molecule has 3 rings (SSSR count). The number of hydrogen-bond donors (Lipinski definition) is 2. The number of carbonyl (C=O) groups is 1. The molecule has 2 heterocycles. The van der Waals surface area contributed by atoms with Crippen LogP contribution in [0.4, 0.5) is 0 Å². The third kappa shape index (κ3) is 3.96. The summed E-state index contributed by atoms with van der Waals surface area (Å²) in [5.74, 6) is 0.0467. The van der Waals surface area contributed by atoms with Gasteiger partial charge in [-0.25, -0.2) is 0 Å². The maximum absolute atomic E-state index is 11.7. The van der Waals surface area contributed by atoms with Crippen LogP contribution in [0.25, 0.3) is 11.3 Å². The zero-order valence-corrected chi connectivity index (χ0v) is 15.1. The molecule has 0 saturated carbocycles. The number of H-pyrrole nitrogens is 1. The molecule has 1 fully saturated rings. The molecule has 1 amide bonds. The van der Waals surface area contributed by atoms with Gasteiger partial charge in [0.1, 0.15) is 12.4 Å². The van der Waals surface area contributed by atoms with E-state index in [9.17, 15) is 4.79 Å². The van der Waals surface area contributed by atoms with Crippen molar-refractivity contribution in [1.29, 1.82) is 0 Å². The number of halogens is 1. The molecule has 0 atom stereocenters. The van der Waals surface area contributed by atoms with Crippen LogP contribution in [0.2, 0.25) is 5.02 Å². The summed E-state index contributed by atoms with van der Waals surface area (Å²) in [4.78, 5) is 14.1. The quantitative estimate of drug-likeness (QED) is 0.827. The standard InChI is InChI=1S/C18H23ClN4O2/c1-12-13(18(20)24)11-14(15-5-6-21-22-15)17(16(12)19)25-10-9-23-7-3-2-4-8-23/h5-6,11H,2-4,7-10H2,1H3,(H2,20,24)(H,21,22). The molecule has 134 valence electrons. The van der Waals surface area contributed by atoms with E-state index in [4.69, 9.17) is 22.1 Å². The number of piperidine rings is 1. The van der Waals surface area contributed by atoms with Gasteiger partial charge in [0.25, 0.3) is 0 Å². The minimum atomic E-state index is -0.514. The van der Waals surface area contributed by atoms with Crippen molar-refractivity contribution in [3.63, 3.8) is 0 Å². The Morgan fingerprint density at radius 3 is 2.80 bits per heavy atom. The van der Waals surface area contributed by atoms with Crippen molar-refractivity contribution in [1.82, 2.24) is 15.1 Å². The van der Waals surface area contributed by atoms with E-state index in [1.807, 2.05) is 6.07 Å². The average molecular weight is 363 g/mol. The first-order valence-electron chi connectivity index (χ1n) is 8.55. The first-order valence-corrected chi connectivity index (χ1v) is 8.93. The van der Waals surface area contributed by atoms with Gasteiger partial charge in [-0.05, 0) is 50.6 Å². The van der Waals surface area contributed by atoms with Gasteiger partial charge in [-0.1, -0.05) is 18.0 Å². The van der Waals surface area contributed by atoms with Gasteiger partial charge in [0.05, 0.1) is 10.7 Å². The highest BCUT2D eigenvalue weighted by Crippen LogP contribution is 2.39. The van der Waals surface area contributed by atoms with Crippen LogP contribution in [0.15, 0.2) is 18.3 Å². The number of benzene rings is 1. The fourth-order valence-electron chi connectivity index (χ4n) is 3.19.